The van der Waals surface area contributed by atoms with Crippen molar-refractivity contribution in [2.45, 2.75) is 24.6 Å². The quantitative estimate of drug-likeness (QED) is 0.383. The molecule has 9 nitrogen and oxygen atoms in total. The van der Waals surface area contributed by atoms with Crippen molar-refractivity contribution in [1.82, 2.24) is 10.2 Å². The zero-order valence-corrected chi connectivity index (χ0v) is 14.0. The average molecular weight is 357 g/mol. The first-order valence-corrected chi connectivity index (χ1v) is 7.91. The van der Waals surface area contributed by atoms with Gasteiger partial charge < -0.3 is 20.1 Å². The van der Waals surface area contributed by atoms with Gasteiger partial charge in [-0.05, 0) is 6.42 Å². The normalized spacial score (nSPS) is 19.1. The number of likely N-dealkylation sites (tertiary alicyclic amines) is 1. The van der Waals surface area contributed by atoms with Crippen molar-refractivity contribution in [3.05, 3.63) is 18.5 Å². The Kier molecular flexibility index (Phi) is 7.87. The standard InChI is InChI=1S/C14H19N3O6S/c1-3-4-22-14(21)17-6-11(24-9(2)19)5-10(17)8-23-12(7-18)16-13(15)20/h3,10-11H,1,4-6,8H2,2H3,(H3,15,16,20)/t10-,11-/m0/s1. The van der Waals surface area contributed by atoms with Crippen LogP contribution in [0.5, 0.6) is 0 Å². The van der Waals surface area contributed by atoms with Crippen LogP contribution in [-0.2, 0) is 19.1 Å². The molecule has 10 heteroatoms. The zero-order valence-electron chi connectivity index (χ0n) is 13.1. The van der Waals surface area contributed by atoms with E-state index in [0.717, 1.165) is 11.8 Å². The number of urea groups is 1. The number of carbonyl (C=O) groups excluding carboxylic acids is 4. The van der Waals surface area contributed by atoms with Gasteiger partial charge in [0.2, 0.25) is 0 Å². The van der Waals surface area contributed by atoms with E-state index in [1.54, 1.807) is 0 Å². The van der Waals surface area contributed by atoms with Crippen LogP contribution in [0.1, 0.15) is 13.3 Å². The molecule has 1 rings (SSSR count). The summed E-state index contributed by atoms with van der Waals surface area (Å²) in [5.41, 5.74) is 4.90. The highest BCUT2D eigenvalue weighted by atomic mass is 32.2. The Morgan fingerprint density at radius 3 is 2.71 bits per heavy atom. The highest BCUT2D eigenvalue weighted by Crippen LogP contribution is 2.29. The van der Waals surface area contributed by atoms with Gasteiger partial charge in [-0.2, -0.15) is 0 Å². The van der Waals surface area contributed by atoms with Gasteiger partial charge in [-0.15, -0.1) is 0 Å². The van der Waals surface area contributed by atoms with E-state index in [2.05, 4.69) is 6.58 Å². The largest absolute Gasteiger partial charge is 0.469 e. The van der Waals surface area contributed by atoms with Crippen molar-refractivity contribution >= 4 is 34.9 Å². The van der Waals surface area contributed by atoms with Crippen molar-refractivity contribution < 1.29 is 28.7 Å². The average Bonchev–Trinajstić information content (AvgIpc) is 2.90. The maximum absolute atomic E-state index is 12.1. The minimum atomic E-state index is -0.966. The Morgan fingerprint density at radius 1 is 1.46 bits per heavy atom. The van der Waals surface area contributed by atoms with Gasteiger partial charge in [0.25, 0.3) is 5.88 Å². The molecule has 0 radical (unpaired) electrons. The van der Waals surface area contributed by atoms with E-state index in [-0.39, 0.29) is 23.6 Å². The van der Waals surface area contributed by atoms with Crippen LogP contribution in [0, 0.1) is 0 Å². The van der Waals surface area contributed by atoms with Crippen molar-refractivity contribution in [3.8, 4) is 0 Å². The maximum atomic E-state index is 12.1. The number of nitrogens with zero attached hydrogens (tertiary/aromatic N) is 1. The summed E-state index contributed by atoms with van der Waals surface area (Å²) < 4.78 is 10.1. The lowest BCUT2D eigenvalue weighted by Crippen LogP contribution is -2.40. The van der Waals surface area contributed by atoms with Crippen molar-refractivity contribution in [1.29, 1.82) is 0 Å². The molecule has 0 aromatic rings. The molecule has 1 aliphatic heterocycles. The lowest BCUT2D eigenvalue weighted by molar-refractivity contribution is -0.109. The summed E-state index contributed by atoms with van der Waals surface area (Å²) >= 11 is 1.12. The van der Waals surface area contributed by atoms with Gasteiger partial charge in [-0.25, -0.2) is 14.4 Å². The lowest BCUT2D eigenvalue weighted by Gasteiger charge is -2.23. The Bertz CT molecular complexity index is 561. The summed E-state index contributed by atoms with van der Waals surface area (Å²) in [6, 6.07) is -1.40. The first kappa shape index (κ1) is 19.6. The summed E-state index contributed by atoms with van der Waals surface area (Å²) in [5, 5.41) is 1.80. The number of hydrogen-bond donors (Lipinski definition) is 2. The molecule has 0 aliphatic carbocycles. The Morgan fingerprint density at radius 2 is 2.17 bits per heavy atom. The van der Waals surface area contributed by atoms with Crippen LogP contribution in [0.2, 0.25) is 0 Å². The minimum Gasteiger partial charge on any atom is -0.469 e. The van der Waals surface area contributed by atoms with Crippen molar-refractivity contribution in [3.63, 3.8) is 0 Å². The van der Waals surface area contributed by atoms with Gasteiger partial charge in [0.15, 0.2) is 11.1 Å². The molecule has 132 valence electrons. The van der Waals surface area contributed by atoms with Gasteiger partial charge in [0, 0.05) is 18.7 Å². The van der Waals surface area contributed by atoms with Gasteiger partial charge in [0.05, 0.1) is 6.04 Å². The number of hydrogen-bond acceptors (Lipinski definition) is 7. The van der Waals surface area contributed by atoms with Gasteiger partial charge >= 0.3 is 12.1 Å². The second-order valence-corrected chi connectivity index (χ2v) is 6.35. The molecule has 3 amide bonds. The van der Waals surface area contributed by atoms with E-state index >= 15 is 0 Å². The molecule has 1 aliphatic rings. The Hall–Kier alpha value is -2.45. The summed E-state index contributed by atoms with van der Waals surface area (Å²) in [5.74, 6) is 0.936. The fourth-order valence-corrected chi connectivity index (χ4v) is 3.19. The van der Waals surface area contributed by atoms with E-state index in [1.165, 1.54) is 23.8 Å². The van der Waals surface area contributed by atoms with E-state index in [1.807, 2.05) is 5.32 Å². The molecular formula is C14H19N3O6S. The lowest BCUT2D eigenvalue weighted by atomic mass is 10.2. The van der Waals surface area contributed by atoms with Crippen LogP contribution in [0.25, 0.3) is 0 Å². The fraction of sp³-hybridized carbons (Fsp3) is 0.500. The molecule has 1 fully saturated rings. The van der Waals surface area contributed by atoms with E-state index in [4.69, 9.17) is 15.2 Å². The summed E-state index contributed by atoms with van der Waals surface area (Å²) in [6.45, 7) is 5.18. The molecule has 2 atom stereocenters. The predicted octanol–water partition coefficient (Wildman–Crippen LogP) is 0.390. The number of nitrogens with one attached hydrogen (secondary N) is 1. The van der Waals surface area contributed by atoms with Crippen LogP contribution >= 0.6 is 11.8 Å². The second kappa shape index (κ2) is 9.64. The highest BCUT2D eigenvalue weighted by Gasteiger charge is 2.37. The monoisotopic (exact) mass is 357 g/mol. The van der Waals surface area contributed by atoms with Crippen molar-refractivity contribution in [2.24, 2.45) is 5.73 Å². The maximum Gasteiger partial charge on any atom is 0.410 e. The number of primary amides is 1. The topological polar surface area (TPSA) is 128 Å². The number of thioether (sulfide) groups is 1. The zero-order chi connectivity index (χ0) is 18.1. The van der Waals surface area contributed by atoms with Gasteiger partial charge in [0.1, 0.15) is 13.2 Å². The van der Waals surface area contributed by atoms with Crippen LogP contribution in [0.3, 0.4) is 0 Å². The second-order valence-electron chi connectivity index (χ2n) is 4.87. The Labute approximate surface area is 143 Å². The number of nitrogens with two attached hydrogens (primary N) is 1. The van der Waals surface area contributed by atoms with Gasteiger partial charge in [-0.1, -0.05) is 24.4 Å². The van der Waals surface area contributed by atoms with Crippen molar-refractivity contribution in [2.75, 3.05) is 19.8 Å². The highest BCUT2D eigenvalue weighted by molar-refractivity contribution is 8.14. The number of amides is 3. The first-order chi connectivity index (χ1) is 11.4. The molecule has 0 aromatic carbocycles. The van der Waals surface area contributed by atoms with Crippen LogP contribution in [0.15, 0.2) is 18.5 Å². The molecular weight excluding hydrogens is 338 g/mol. The van der Waals surface area contributed by atoms with Crippen LogP contribution < -0.4 is 11.1 Å². The molecule has 0 aromatic heterocycles. The molecule has 3 N–H and O–H groups in total. The first-order valence-electron chi connectivity index (χ1n) is 7.03. The van der Waals surface area contributed by atoms with E-state index in [9.17, 15) is 19.2 Å². The molecule has 0 unspecified atom stereocenters. The minimum absolute atomic E-state index is 0.0517. The third-order valence-corrected chi connectivity index (χ3v) is 4.02. The summed E-state index contributed by atoms with van der Waals surface area (Å²) in [4.78, 5) is 46.2. The third kappa shape index (κ3) is 6.35. The molecule has 0 saturated carbocycles. The van der Waals surface area contributed by atoms with Crippen LogP contribution in [0.4, 0.5) is 9.59 Å². The third-order valence-electron chi connectivity index (χ3n) is 3.02. The van der Waals surface area contributed by atoms with Gasteiger partial charge in [-0.3, -0.25) is 10.1 Å². The summed E-state index contributed by atoms with van der Waals surface area (Å²) in [7, 11) is 0. The molecule has 0 bridgehead atoms. The number of ether oxygens (including phenoxy) is 2. The number of carbonyl (C=O) groups is 3. The Balaban J connectivity index is 2.72. The molecule has 1 saturated heterocycles. The fourth-order valence-electron chi connectivity index (χ4n) is 2.17. The molecule has 0 spiro atoms. The molecule has 24 heavy (non-hydrogen) atoms. The summed E-state index contributed by atoms with van der Waals surface area (Å²) in [6.07, 6.45) is 1.33. The van der Waals surface area contributed by atoms with E-state index < -0.39 is 24.0 Å². The van der Waals surface area contributed by atoms with E-state index in [0.29, 0.717) is 13.0 Å². The smallest absolute Gasteiger partial charge is 0.410 e. The van der Waals surface area contributed by atoms with Crippen LogP contribution in [-0.4, -0.2) is 59.1 Å². The predicted molar refractivity (Wildman–Crippen MR) is 86.6 cm³/mol. The number of rotatable bonds is 7. The molecule has 1 heterocycles. The SMILES string of the molecule is C=CCOC(=O)N1C[C@@H](SC(C)=O)C[C@H]1COC(=C=O)NC(N)=O.